The van der Waals surface area contributed by atoms with E-state index in [1.165, 1.54) is 0 Å². The van der Waals surface area contributed by atoms with E-state index in [0.29, 0.717) is 17.3 Å². The number of carbonyl (C=O) groups excluding carboxylic acids is 1. The first-order valence-corrected chi connectivity index (χ1v) is 9.41. The molecule has 0 saturated heterocycles. The zero-order chi connectivity index (χ0) is 20.1. The second-order valence-electron chi connectivity index (χ2n) is 6.79. The predicted molar refractivity (Wildman–Crippen MR) is 111 cm³/mol. The highest BCUT2D eigenvalue weighted by Crippen LogP contribution is 2.18. The molecule has 4 aromatic rings. The molecule has 3 aromatic carbocycles. The number of rotatable bonds is 6. The summed E-state index contributed by atoms with van der Waals surface area (Å²) in [6, 6.07) is 26.5. The predicted octanol–water partition coefficient (Wildman–Crippen LogP) is 2.89. The van der Waals surface area contributed by atoms with Gasteiger partial charge in [-0.25, -0.2) is 4.68 Å². The molecule has 1 heterocycles. The molecule has 29 heavy (non-hydrogen) atoms. The van der Waals surface area contributed by atoms with E-state index in [9.17, 15) is 9.59 Å². The summed E-state index contributed by atoms with van der Waals surface area (Å²) in [5, 5.41) is 11.4. The van der Waals surface area contributed by atoms with E-state index in [1.54, 1.807) is 24.3 Å². The summed E-state index contributed by atoms with van der Waals surface area (Å²) in [7, 11) is 0. The van der Waals surface area contributed by atoms with E-state index in [1.807, 2.05) is 60.7 Å². The molecule has 0 spiro atoms. The van der Waals surface area contributed by atoms with Gasteiger partial charge in [0.1, 0.15) is 12.1 Å². The first-order valence-electron chi connectivity index (χ1n) is 9.41. The first kappa shape index (κ1) is 18.6. The van der Waals surface area contributed by atoms with Crippen molar-refractivity contribution >= 4 is 16.8 Å². The summed E-state index contributed by atoms with van der Waals surface area (Å²) in [5.74, 6) is -0.290. The second-order valence-corrected chi connectivity index (χ2v) is 6.79. The van der Waals surface area contributed by atoms with Crippen molar-refractivity contribution in [1.29, 1.82) is 0 Å². The zero-order valence-corrected chi connectivity index (χ0v) is 15.7. The van der Waals surface area contributed by atoms with E-state index in [-0.39, 0.29) is 24.1 Å². The van der Waals surface area contributed by atoms with Crippen LogP contribution in [0.3, 0.4) is 0 Å². The molecule has 0 bridgehead atoms. The van der Waals surface area contributed by atoms with Crippen LogP contribution < -0.4 is 10.9 Å². The summed E-state index contributed by atoms with van der Waals surface area (Å²) >= 11 is 0. The van der Waals surface area contributed by atoms with Crippen molar-refractivity contribution in [3.63, 3.8) is 0 Å². The molecule has 6 heteroatoms. The van der Waals surface area contributed by atoms with Gasteiger partial charge in [0.25, 0.3) is 5.56 Å². The van der Waals surface area contributed by atoms with Crippen LogP contribution in [0, 0.1) is 0 Å². The largest absolute Gasteiger partial charge is 0.347 e. The lowest BCUT2D eigenvalue weighted by molar-refractivity contribution is -0.122. The average molecular weight is 384 g/mol. The molecule has 1 N–H and O–H groups in total. The molecule has 0 aliphatic carbocycles. The SMILES string of the molecule is O=C(Cn1nnc2ccccc2c1=O)NC(Cc1ccccc1)c1ccccc1. The maximum atomic E-state index is 12.7. The molecule has 6 nitrogen and oxygen atoms in total. The summed E-state index contributed by atoms with van der Waals surface area (Å²) < 4.78 is 1.10. The lowest BCUT2D eigenvalue weighted by Gasteiger charge is -2.19. The van der Waals surface area contributed by atoms with Gasteiger partial charge in [-0.3, -0.25) is 9.59 Å². The Hall–Kier alpha value is -3.80. The topological polar surface area (TPSA) is 76.9 Å². The Labute approximate surface area is 167 Å². The molecule has 144 valence electrons. The fraction of sp³-hybridized carbons (Fsp3) is 0.130. The van der Waals surface area contributed by atoms with Crippen LogP contribution in [0.25, 0.3) is 10.9 Å². The normalized spacial score (nSPS) is 11.9. The lowest BCUT2D eigenvalue weighted by Crippen LogP contribution is -2.36. The van der Waals surface area contributed by atoms with Gasteiger partial charge in [-0.15, -0.1) is 5.10 Å². The Kier molecular flexibility index (Phi) is 5.42. The molecular formula is C23H20N4O2. The van der Waals surface area contributed by atoms with Gasteiger partial charge in [-0.05, 0) is 29.7 Å². The van der Waals surface area contributed by atoms with Gasteiger partial charge < -0.3 is 5.32 Å². The van der Waals surface area contributed by atoms with Gasteiger partial charge in [0.15, 0.2) is 0 Å². The highest BCUT2D eigenvalue weighted by molar-refractivity contribution is 5.78. The minimum atomic E-state index is -0.329. The quantitative estimate of drug-likeness (QED) is 0.555. The van der Waals surface area contributed by atoms with Crippen LogP contribution in [0.5, 0.6) is 0 Å². The number of fused-ring (bicyclic) bond motifs is 1. The lowest BCUT2D eigenvalue weighted by atomic mass is 9.99. The van der Waals surface area contributed by atoms with Crippen molar-refractivity contribution in [1.82, 2.24) is 20.3 Å². The molecule has 1 aromatic heterocycles. The zero-order valence-electron chi connectivity index (χ0n) is 15.7. The first-order chi connectivity index (χ1) is 14.2. The number of nitrogens with one attached hydrogen (secondary N) is 1. The molecule has 4 rings (SSSR count). The van der Waals surface area contributed by atoms with Crippen LogP contribution in [0.4, 0.5) is 0 Å². The third kappa shape index (κ3) is 4.38. The maximum absolute atomic E-state index is 12.7. The van der Waals surface area contributed by atoms with Crippen molar-refractivity contribution in [2.45, 2.75) is 19.0 Å². The highest BCUT2D eigenvalue weighted by atomic mass is 16.2. The number of amides is 1. The molecule has 0 aliphatic rings. The molecular weight excluding hydrogens is 364 g/mol. The van der Waals surface area contributed by atoms with E-state index in [2.05, 4.69) is 15.6 Å². The maximum Gasteiger partial charge on any atom is 0.278 e. The molecule has 0 saturated carbocycles. The Morgan fingerprint density at radius 1 is 0.897 bits per heavy atom. The standard InChI is InChI=1S/C23H20N4O2/c28-22(16-27-23(29)19-13-7-8-14-20(19)25-26-27)24-21(18-11-5-2-6-12-18)15-17-9-3-1-4-10-17/h1-14,21H,15-16H2,(H,24,28). The number of benzene rings is 3. The van der Waals surface area contributed by atoms with Crippen LogP contribution in [0.15, 0.2) is 89.7 Å². The Morgan fingerprint density at radius 3 is 2.31 bits per heavy atom. The van der Waals surface area contributed by atoms with Gasteiger partial charge in [-0.2, -0.15) is 0 Å². The summed E-state index contributed by atoms with van der Waals surface area (Å²) in [4.78, 5) is 25.3. The smallest absolute Gasteiger partial charge is 0.278 e. The summed E-state index contributed by atoms with van der Waals surface area (Å²) in [6.07, 6.45) is 0.648. The number of hydrogen-bond acceptors (Lipinski definition) is 4. The van der Waals surface area contributed by atoms with E-state index < -0.39 is 0 Å². The molecule has 1 unspecified atom stereocenters. The minimum absolute atomic E-state index is 0.186. The molecule has 0 fully saturated rings. The molecule has 0 aliphatic heterocycles. The van der Waals surface area contributed by atoms with E-state index >= 15 is 0 Å². The van der Waals surface area contributed by atoms with Gasteiger partial charge in [0.2, 0.25) is 5.91 Å². The number of hydrogen-bond donors (Lipinski definition) is 1. The fourth-order valence-corrected chi connectivity index (χ4v) is 3.29. The number of carbonyl (C=O) groups is 1. The van der Waals surface area contributed by atoms with Crippen molar-refractivity contribution in [3.8, 4) is 0 Å². The Balaban J connectivity index is 1.55. The molecule has 1 atom stereocenters. The number of nitrogens with zero attached hydrogens (tertiary/aromatic N) is 3. The van der Waals surface area contributed by atoms with Crippen LogP contribution in [0.1, 0.15) is 17.2 Å². The van der Waals surface area contributed by atoms with E-state index in [4.69, 9.17) is 0 Å². The van der Waals surface area contributed by atoms with Gasteiger partial charge >= 0.3 is 0 Å². The Bertz CT molecular complexity index is 1170. The van der Waals surface area contributed by atoms with Gasteiger partial charge in [-0.1, -0.05) is 78.0 Å². The Morgan fingerprint density at radius 2 is 1.55 bits per heavy atom. The van der Waals surface area contributed by atoms with Gasteiger partial charge in [0, 0.05) is 0 Å². The highest BCUT2D eigenvalue weighted by Gasteiger charge is 2.17. The number of aromatic nitrogens is 3. The molecule has 1 amide bonds. The third-order valence-electron chi connectivity index (χ3n) is 4.74. The van der Waals surface area contributed by atoms with Crippen LogP contribution in [-0.2, 0) is 17.8 Å². The fourth-order valence-electron chi connectivity index (χ4n) is 3.29. The van der Waals surface area contributed by atoms with Crippen molar-refractivity contribution < 1.29 is 4.79 Å². The second kappa shape index (κ2) is 8.48. The van der Waals surface area contributed by atoms with Gasteiger partial charge in [0.05, 0.1) is 11.4 Å². The van der Waals surface area contributed by atoms with E-state index in [0.717, 1.165) is 15.8 Å². The summed E-state index contributed by atoms with van der Waals surface area (Å²) in [6.45, 7) is -0.186. The summed E-state index contributed by atoms with van der Waals surface area (Å²) in [5.41, 5.74) is 2.30. The third-order valence-corrected chi connectivity index (χ3v) is 4.74. The van der Waals surface area contributed by atoms with Crippen LogP contribution >= 0.6 is 0 Å². The average Bonchev–Trinajstić information content (AvgIpc) is 2.77. The monoisotopic (exact) mass is 384 g/mol. The van der Waals surface area contributed by atoms with Crippen molar-refractivity contribution in [3.05, 3.63) is 106 Å². The van der Waals surface area contributed by atoms with Crippen LogP contribution in [0.2, 0.25) is 0 Å². The van der Waals surface area contributed by atoms with Crippen molar-refractivity contribution in [2.75, 3.05) is 0 Å². The molecule has 0 radical (unpaired) electrons. The van der Waals surface area contributed by atoms with Crippen LogP contribution in [-0.4, -0.2) is 20.9 Å². The minimum Gasteiger partial charge on any atom is -0.347 e. The van der Waals surface area contributed by atoms with Crippen molar-refractivity contribution in [2.24, 2.45) is 0 Å².